The standard InChI is InChI=1S/C21H24F2O/c1-3-14-4-6-15(7-5-14)16-8-10-17(11-9-16)21-19(23)12-18(22)13-20(21)24-2/h8-15H,3-7H2,1-2H3. The third-order valence-corrected chi connectivity index (χ3v) is 5.33. The lowest BCUT2D eigenvalue weighted by atomic mass is 9.77. The summed E-state index contributed by atoms with van der Waals surface area (Å²) in [6.45, 7) is 2.27. The third kappa shape index (κ3) is 3.45. The first-order valence-corrected chi connectivity index (χ1v) is 8.75. The summed E-state index contributed by atoms with van der Waals surface area (Å²) in [5, 5.41) is 0. The maximum absolute atomic E-state index is 14.2. The summed E-state index contributed by atoms with van der Waals surface area (Å²) in [6, 6.07) is 10.1. The Morgan fingerprint density at radius 2 is 1.67 bits per heavy atom. The lowest BCUT2D eigenvalue weighted by Crippen LogP contribution is -2.12. The second-order valence-electron chi connectivity index (χ2n) is 6.71. The van der Waals surface area contributed by atoms with Gasteiger partial charge in [-0.15, -0.1) is 0 Å². The highest BCUT2D eigenvalue weighted by Gasteiger charge is 2.21. The zero-order valence-corrected chi connectivity index (χ0v) is 14.3. The van der Waals surface area contributed by atoms with Crippen molar-refractivity contribution >= 4 is 0 Å². The van der Waals surface area contributed by atoms with Crippen LogP contribution in [0.2, 0.25) is 0 Å². The minimum absolute atomic E-state index is 0.226. The van der Waals surface area contributed by atoms with Gasteiger partial charge < -0.3 is 4.74 Å². The maximum atomic E-state index is 14.2. The van der Waals surface area contributed by atoms with Gasteiger partial charge in [0.25, 0.3) is 0 Å². The van der Waals surface area contributed by atoms with Gasteiger partial charge in [0, 0.05) is 12.1 Å². The Kier molecular flexibility index (Phi) is 5.17. The van der Waals surface area contributed by atoms with Crippen LogP contribution < -0.4 is 4.74 Å². The van der Waals surface area contributed by atoms with Crippen LogP contribution in [0.15, 0.2) is 36.4 Å². The topological polar surface area (TPSA) is 9.23 Å². The van der Waals surface area contributed by atoms with Crippen molar-refractivity contribution in [3.8, 4) is 16.9 Å². The molecule has 1 aliphatic carbocycles. The van der Waals surface area contributed by atoms with Gasteiger partial charge >= 0.3 is 0 Å². The normalized spacial score (nSPS) is 20.8. The van der Waals surface area contributed by atoms with E-state index in [9.17, 15) is 8.78 Å². The average Bonchev–Trinajstić information content (AvgIpc) is 2.61. The first-order valence-electron chi connectivity index (χ1n) is 8.75. The predicted molar refractivity (Wildman–Crippen MR) is 93.3 cm³/mol. The summed E-state index contributed by atoms with van der Waals surface area (Å²) in [5.41, 5.74) is 2.35. The number of halogens is 2. The average molecular weight is 330 g/mol. The Bertz CT molecular complexity index is 686. The predicted octanol–water partition coefficient (Wildman–Crippen LogP) is 6.32. The van der Waals surface area contributed by atoms with Crippen LogP contribution in [0.5, 0.6) is 5.75 Å². The number of methoxy groups -OCH3 is 1. The minimum Gasteiger partial charge on any atom is -0.496 e. The Hall–Kier alpha value is -1.90. The number of hydrogen-bond donors (Lipinski definition) is 0. The lowest BCUT2D eigenvalue weighted by Gasteiger charge is -2.28. The van der Waals surface area contributed by atoms with Crippen LogP contribution in [-0.2, 0) is 0 Å². The van der Waals surface area contributed by atoms with Crippen molar-refractivity contribution in [2.45, 2.75) is 44.9 Å². The van der Waals surface area contributed by atoms with E-state index in [4.69, 9.17) is 4.74 Å². The van der Waals surface area contributed by atoms with Gasteiger partial charge in [0.15, 0.2) is 0 Å². The largest absolute Gasteiger partial charge is 0.496 e. The van der Waals surface area contributed by atoms with Gasteiger partial charge in [-0.2, -0.15) is 0 Å². The molecule has 0 aliphatic heterocycles. The third-order valence-electron chi connectivity index (χ3n) is 5.33. The molecular formula is C21H24F2O. The molecule has 24 heavy (non-hydrogen) atoms. The molecule has 0 aromatic heterocycles. The van der Waals surface area contributed by atoms with E-state index < -0.39 is 11.6 Å². The van der Waals surface area contributed by atoms with Crippen molar-refractivity contribution in [1.29, 1.82) is 0 Å². The highest BCUT2D eigenvalue weighted by Crippen LogP contribution is 2.39. The van der Waals surface area contributed by atoms with Gasteiger partial charge in [0.2, 0.25) is 0 Å². The van der Waals surface area contributed by atoms with E-state index in [1.165, 1.54) is 50.8 Å². The molecule has 2 aromatic carbocycles. The second-order valence-corrected chi connectivity index (χ2v) is 6.71. The van der Waals surface area contributed by atoms with Crippen LogP contribution >= 0.6 is 0 Å². The zero-order chi connectivity index (χ0) is 17.1. The molecule has 0 spiro atoms. The Labute approximate surface area is 142 Å². The van der Waals surface area contributed by atoms with Crippen molar-refractivity contribution in [2.24, 2.45) is 5.92 Å². The van der Waals surface area contributed by atoms with Gasteiger partial charge in [-0.3, -0.25) is 0 Å². The van der Waals surface area contributed by atoms with Crippen molar-refractivity contribution < 1.29 is 13.5 Å². The monoisotopic (exact) mass is 330 g/mol. The fraction of sp³-hybridized carbons (Fsp3) is 0.429. The molecule has 0 unspecified atom stereocenters. The Morgan fingerprint density at radius 1 is 1.00 bits per heavy atom. The summed E-state index contributed by atoms with van der Waals surface area (Å²) >= 11 is 0. The van der Waals surface area contributed by atoms with Gasteiger partial charge in [-0.1, -0.05) is 37.6 Å². The lowest BCUT2D eigenvalue weighted by molar-refractivity contribution is 0.319. The van der Waals surface area contributed by atoms with Crippen molar-refractivity contribution in [3.63, 3.8) is 0 Å². The van der Waals surface area contributed by atoms with E-state index in [0.29, 0.717) is 11.5 Å². The number of hydrogen-bond acceptors (Lipinski definition) is 1. The first kappa shape index (κ1) is 16.9. The van der Waals surface area contributed by atoms with E-state index in [-0.39, 0.29) is 5.75 Å². The Balaban J connectivity index is 1.83. The summed E-state index contributed by atoms with van der Waals surface area (Å²) in [7, 11) is 1.43. The maximum Gasteiger partial charge on any atom is 0.137 e. The highest BCUT2D eigenvalue weighted by atomic mass is 19.1. The molecule has 1 fully saturated rings. The van der Waals surface area contributed by atoms with Crippen LogP contribution in [0.3, 0.4) is 0 Å². The van der Waals surface area contributed by atoms with Crippen LogP contribution in [0, 0.1) is 17.6 Å². The highest BCUT2D eigenvalue weighted by molar-refractivity contribution is 5.71. The smallest absolute Gasteiger partial charge is 0.137 e. The molecule has 3 heteroatoms. The van der Waals surface area contributed by atoms with E-state index in [1.807, 2.05) is 12.1 Å². The molecule has 128 valence electrons. The van der Waals surface area contributed by atoms with Crippen molar-refractivity contribution in [3.05, 3.63) is 53.6 Å². The first-order chi connectivity index (χ1) is 11.6. The van der Waals surface area contributed by atoms with E-state index in [0.717, 1.165) is 17.5 Å². The minimum atomic E-state index is -0.627. The molecule has 0 radical (unpaired) electrons. The molecular weight excluding hydrogens is 306 g/mol. The molecule has 3 rings (SSSR count). The molecule has 2 aromatic rings. The number of benzene rings is 2. The molecule has 0 saturated heterocycles. The van der Waals surface area contributed by atoms with Gasteiger partial charge in [-0.05, 0) is 48.6 Å². The quantitative estimate of drug-likeness (QED) is 0.637. The second kappa shape index (κ2) is 7.33. The molecule has 0 heterocycles. The fourth-order valence-corrected chi connectivity index (χ4v) is 3.82. The Morgan fingerprint density at radius 3 is 2.25 bits per heavy atom. The van der Waals surface area contributed by atoms with E-state index in [1.54, 1.807) is 0 Å². The zero-order valence-electron chi connectivity index (χ0n) is 14.3. The molecule has 0 N–H and O–H groups in total. The molecule has 1 aliphatic rings. The van der Waals surface area contributed by atoms with Gasteiger partial charge in [0.05, 0.1) is 12.7 Å². The van der Waals surface area contributed by atoms with Crippen LogP contribution in [0.1, 0.15) is 50.5 Å². The van der Waals surface area contributed by atoms with Crippen molar-refractivity contribution in [1.82, 2.24) is 0 Å². The van der Waals surface area contributed by atoms with Crippen LogP contribution in [-0.4, -0.2) is 7.11 Å². The molecule has 1 saturated carbocycles. The SMILES string of the molecule is CCC1CCC(c2ccc(-c3c(F)cc(F)cc3OC)cc2)CC1. The molecule has 0 atom stereocenters. The molecule has 1 nitrogen and oxygen atoms in total. The summed E-state index contributed by atoms with van der Waals surface area (Å²) in [5.74, 6) is 0.476. The van der Waals surface area contributed by atoms with Gasteiger partial charge in [-0.25, -0.2) is 8.78 Å². The molecule has 0 amide bonds. The van der Waals surface area contributed by atoms with E-state index >= 15 is 0 Å². The summed E-state index contributed by atoms with van der Waals surface area (Å²) in [4.78, 5) is 0. The van der Waals surface area contributed by atoms with Gasteiger partial charge in [0.1, 0.15) is 17.4 Å². The van der Waals surface area contributed by atoms with Crippen LogP contribution in [0.4, 0.5) is 8.78 Å². The number of ether oxygens (including phenoxy) is 1. The van der Waals surface area contributed by atoms with Crippen molar-refractivity contribution in [2.75, 3.05) is 7.11 Å². The summed E-state index contributed by atoms with van der Waals surface area (Å²) < 4.78 is 32.7. The molecule has 0 bridgehead atoms. The fourth-order valence-electron chi connectivity index (χ4n) is 3.82. The number of rotatable bonds is 4. The van der Waals surface area contributed by atoms with E-state index in [2.05, 4.69) is 19.1 Å². The summed E-state index contributed by atoms with van der Waals surface area (Å²) in [6.07, 6.45) is 6.32. The van der Waals surface area contributed by atoms with Crippen LogP contribution in [0.25, 0.3) is 11.1 Å².